The van der Waals surface area contributed by atoms with Gasteiger partial charge in [-0.05, 0) is 66.1 Å². The molecule has 1 aliphatic heterocycles. The zero-order valence-corrected chi connectivity index (χ0v) is 16.6. The number of halogens is 3. The van der Waals surface area contributed by atoms with E-state index in [2.05, 4.69) is 17.1 Å². The largest absolute Gasteiger partial charge is 0.367 e. The van der Waals surface area contributed by atoms with Crippen LogP contribution in [0.15, 0.2) is 30.3 Å². The average Bonchev–Trinajstić information content (AvgIpc) is 3.35. The van der Waals surface area contributed by atoms with Crippen molar-refractivity contribution >= 4 is 40.5 Å². The van der Waals surface area contributed by atoms with E-state index in [1.165, 1.54) is 12.1 Å². The third-order valence-electron chi connectivity index (χ3n) is 5.55. The molecule has 3 nitrogen and oxygen atoms in total. The number of carbonyl (C=O) groups excluding carboxylic acids is 1. The van der Waals surface area contributed by atoms with Crippen molar-refractivity contribution in [3.05, 3.63) is 57.3 Å². The van der Waals surface area contributed by atoms with E-state index in [-0.39, 0.29) is 17.1 Å². The Morgan fingerprint density at radius 2 is 1.96 bits per heavy atom. The number of rotatable bonds is 4. The van der Waals surface area contributed by atoms with Crippen molar-refractivity contribution in [1.82, 2.24) is 0 Å². The Kier molecular flexibility index (Phi) is 4.81. The predicted molar refractivity (Wildman–Crippen MR) is 108 cm³/mol. The molecule has 2 aromatic rings. The Morgan fingerprint density at radius 3 is 2.63 bits per heavy atom. The van der Waals surface area contributed by atoms with E-state index in [0.29, 0.717) is 28.7 Å². The molecule has 1 aliphatic carbocycles. The smallest absolute Gasteiger partial charge is 0.224 e. The monoisotopic (exact) mass is 406 g/mol. The van der Waals surface area contributed by atoms with Gasteiger partial charge in [0.25, 0.3) is 0 Å². The van der Waals surface area contributed by atoms with E-state index in [1.807, 2.05) is 6.07 Å². The molecule has 1 saturated carbocycles. The van der Waals surface area contributed by atoms with Crippen molar-refractivity contribution in [3.8, 4) is 0 Å². The van der Waals surface area contributed by atoms with Crippen molar-refractivity contribution in [1.29, 1.82) is 0 Å². The van der Waals surface area contributed by atoms with Crippen molar-refractivity contribution in [2.24, 2.45) is 5.41 Å². The van der Waals surface area contributed by atoms with Gasteiger partial charge in [0.2, 0.25) is 5.91 Å². The third-order valence-corrected chi connectivity index (χ3v) is 6.27. The van der Waals surface area contributed by atoms with Gasteiger partial charge in [0.15, 0.2) is 0 Å². The summed E-state index contributed by atoms with van der Waals surface area (Å²) in [4.78, 5) is 14.5. The highest BCUT2D eigenvalue weighted by Gasteiger charge is 2.39. The molecular weight excluding hydrogens is 386 g/mol. The summed E-state index contributed by atoms with van der Waals surface area (Å²) in [5.41, 5.74) is 3.67. The molecule has 142 valence electrons. The van der Waals surface area contributed by atoms with Gasteiger partial charge in [-0.2, -0.15) is 0 Å². The molecule has 4 rings (SSSR count). The summed E-state index contributed by atoms with van der Waals surface area (Å²) >= 11 is 13.1. The van der Waals surface area contributed by atoms with Crippen molar-refractivity contribution in [2.75, 3.05) is 16.8 Å². The second-order valence-electron chi connectivity index (χ2n) is 7.87. The van der Waals surface area contributed by atoms with E-state index in [1.54, 1.807) is 12.1 Å². The van der Waals surface area contributed by atoms with E-state index < -0.39 is 0 Å². The number of nitrogens with zero attached hydrogens (tertiary/aromatic N) is 1. The predicted octanol–water partition coefficient (Wildman–Crippen LogP) is 5.82. The summed E-state index contributed by atoms with van der Waals surface area (Å²) in [6.45, 7) is 3.53. The van der Waals surface area contributed by atoms with Crippen LogP contribution in [-0.2, 0) is 17.8 Å². The standard InChI is InChI=1S/C21H21Cl2FN2O/c1-21(7-8-21)11-18(27)25-20-17(22)10-13-12-26(9-6-16(13)19(20)23)15-4-2-14(24)3-5-15/h2-5,10H,6-9,11-12H2,1H3,(H,25,27). The molecule has 2 aliphatic rings. The van der Waals surface area contributed by atoms with Crippen LogP contribution in [0.1, 0.15) is 37.3 Å². The number of nitrogens with one attached hydrogen (secondary N) is 1. The van der Waals surface area contributed by atoms with Crippen LogP contribution >= 0.6 is 23.2 Å². The summed E-state index contributed by atoms with van der Waals surface area (Å²) in [7, 11) is 0. The number of amides is 1. The minimum absolute atomic E-state index is 0.0394. The van der Waals surface area contributed by atoms with Crippen molar-refractivity contribution < 1.29 is 9.18 Å². The van der Waals surface area contributed by atoms with Crippen LogP contribution in [0.3, 0.4) is 0 Å². The Bertz CT molecular complexity index is 894. The summed E-state index contributed by atoms with van der Waals surface area (Å²) in [5, 5.41) is 3.90. The maximum absolute atomic E-state index is 13.2. The third kappa shape index (κ3) is 3.92. The minimum atomic E-state index is -0.248. The van der Waals surface area contributed by atoms with E-state index >= 15 is 0 Å². The van der Waals surface area contributed by atoms with Gasteiger partial charge in [0, 0.05) is 25.2 Å². The van der Waals surface area contributed by atoms with Crippen molar-refractivity contribution in [3.63, 3.8) is 0 Å². The summed E-state index contributed by atoms with van der Waals surface area (Å²) in [5.74, 6) is -0.287. The molecule has 0 radical (unpaired) electrons. The number of fused-ring (bicyclic) bond motifs is 1. The average molecular weight is 407 g/mol. The molecule has 2 aromatic carbocycles. The van der Waals surface area contributed by atoms with Gasteiger partial charge in [0.1, 0.15) is 5.82 Å². The van der Waals surface area contributed by atoms with Gasteiger partial charge < -0.3 is 10.2 Å². The van der Waals surface area contributed by atoms with Crippen LogP contribution in [-0.4, -0.2) is 12.5 Å². The summed E-state index contributed by atoms with van der Waals surface area (Å²) in [6.07, 6.45) is 3.41. The lowest BCUT2D eigenvalue weighted by Gasteiger charge is -2.32. The maximum atomic E-state index is 13.2. The van der Waals surface area contributed by atoms with Crippen molar-refractivity contribution in [2.45, 2.75) is 39.2 Å². The van der Waals surface area contributed by atoms with Gasteiger partial charge in [-0.15, -0.1) is 0 Å². The molecule has 0 atom stereocenters. The van der Waals surface area contributed by atoms with Gasteiger partial charge in [-0.25, -0.2) is 4.39 Å². The van der Waals surface area contributed by atoms with Crippen LogP contribution < -0.4 is 10.2 Å². The quantitative estimate of drug-likeness (QED) is 0.692. The van der Waals surface area contributed by atoms with Gasteiger partial charge in [-0.1, -0.05) is 30.1 Å². The highest BCUT2D eigenvalue weighted by molar-refractivity contribution is 6.40. The Balaban J connectivity index is 1.55. The van der Waals surface area contributed by atoms with E-state index in [4.69, 9.17) is 23.2 Å². The lowest BCUT2D eigenvalue weighted by Crippen LogP contribution is -2.30. The molecule has 0 spiro atoms. The molecule has 0 bridgehead atoms. The van der Waals surface area contributed by atoms with Crippen LogP contribution in [0, 0.1) is 11.2 Å². The molecular formula is C21H21Cl2FN2O. The molecule has 1 heterocycles. The highest BCUT2D eigenvalue weighted by Crippen LogP contribution is 2.48. The summed E-state index contributed by atoms with van der Waals surface area (Å²) in [6, 6.07) is 8.35. The van der Waals surface area contributed by atoms with E-state index in [9.17, 15) is 9.18 Å². The number of benzene rings is 2. The van der Waals surface area contributed by atoms with E-state index in [0.717, 1.165) is 42.6 Å². The Labute approximate surface area is 168 Å². The van der Waals surface area contributed by atoms with Crippen LogP contribution in [0.25, 0.3) is 0 Å². The fourth-order valence-corrected chi connectivity index (χ4v) is 4.29. The number of hydrogen-bond donors (Lipinski definition) is 1. The summed E-state index contributed by atoms with van der Waals surface area (Å²) < 4.78 is 13.2. The van der Waals surface area contributed by atoms with Crippen LogP contribution in [0.2, 0.25) is 10.0 Å². The number of carbonyl (C=O) groups is 1. The maximum Gasteiger partial charge on any atom is 0.224 e. The van der Waals surface area contributed by atoms with Gasteiger partial charge in [0.05, 0.1) is 15.7 Å². The highest BCUT2D eigenvalue weighted by atomic mass is 35.5. The molecule has 1 amide bonds. The fourth-order valence-electron chi connectivity index (χ4n) is 3.60. The first-order valence-corrected chi connectivity index (χ1v) is 9.90. The molecule has 0 unspecified atom stereocenters. The van der Waals surface area contributed by atoms with Gasteiger partial charge in [-0.3, -0.25) is 4.79 Å². The zero-order chi connectivity index (χ0) is 19.2. The molecule has 1 N–H and O–H groups in total. The second-order valence-corrected chi connectivity index (χ2v) is 8.65. The topological polar surface area (TPSA) is 32.3 Å². The molecule has 0 saturated heterocycles. The normalized spacial score (nSPS) is 17.4. The molecule has 27 heavy (non-hydrogen) atoms. The van der Waals surface area contributed by atoms with Crippen LogP contribution in [0.5, 0.6) is 0 Å². The first kappa shape index (κ1) is 18.6. The minimum Gasteiger partial charge on any atom is -0.367 e. The molecule has 1 fully saturated rings. The number of hydrogen-bond acceptors (Lipinski definition) is 2. The lowest BCUT2D eigenvalue weighted by atomic mass is 9.98. The van der Waals surface area contributed by atoms with Gasteiger partial charge >= 0.3 is 0 Å². The lowest BCUT2D eigenvalue weighted by molar-refractivity contribution is -0.117. The van der Waals surface area contributed by atoms with Crippen LogP contribution in [0.4, 0.5) is 15.8 Å². The zero-order valence-electron chi connectivity index (χ0n) is 15.1. The fraction of sp³-hybridized carbons (Fsp3) is 0.381. The second kappa shape index (κ2) is 6.99. The SMILES string of the molecule is CC1(CC(=O)Nc2c(Cl)cc3c(c2Cl)CCN(c2ccc(F)cc2)C3)CC1. The first-order valence-electron chi connectivity index (χ1n) is 9.15. The Hall–Kier alpha value is -1.78. The Morgan fingerprint density at radius 1 is 1.26 bits per heavy atom. The molecule has 6 heteroatoms. The first-order chi connectivity index (χ1) is 12.8. The number of anilines is 2. The molecule has 0 aromatic heterocycles.